The molecule has 4 heteroatoms. The van der Waals surface area contributed by atoms with Crippen molar-refractivity contribution in [2.75, 3.05) is 5.32 Å². The maximum atomic E-state index is 12.9. The number of anilines is 1. The van der Waals surface area contributed by atoms with Gasteiger partial charge in [0.05, 0.1) is 6.04 Å². The van der Waals surface area contributed by atoms with Crippen LogP contribution in [0.1, 0.15) is 48.1 Å². The number of carbonyl (C=O) groups is 1. The Morgan fingerprint density at radius 3 is 2.00 bits per heavy atom. The van der Waals surface area contributed by atoms with E-state index in [1.165, 1.54) is 6.20 Å². The van der Waals surface area contributed by atoms with Crippen molar-refractivity contribution < 1.29 is 4.79 Å². The molecule has 3 aromatic carbocycles. The fourth-order valence-electron chi connectivity index (χ4n) is 3.51. The van der Waals surface area contributed by atoms with E-state index in [-0.39, 0.29) is 17.5 Å². The van der Waals surface area contributed by atoms with Gasteiger partial charge in [0.15, 0.2) is 0 Å². The quantitative estimate of drug-likeness (QED) is 0.380. The third-order valence-electron chi connectivity index (χ3n) is 5.19. The normalized spacial score (nSPS) is 11.3. The van der Waals surface area contributed by atoms with Crippen molar-refractivity contribution >= 4 is 11.6 Å². The highest BCUT2D eigenvalue weighted by atomic mass is 16.1. The standard InChI is InChI=1S/C27H27N3O/c1-19(2)24-16-10-11-20(3)25(24)30-27(31)23(17-28)18-29-26(21-12-6-4-7-13-21)22-14-8-5-9-15-22/h4-16,18-19,26,29H,1-3H3,(H,30,31)/b23-18-. The Labute approximate surface area is 184 Å². The number of aryl methyl sites for hydroxylation is 1. The van der Waals surface area contributed by atoms with Crippen molar-refractivity contribution in [1.82, 2.24) is 5.32 Å². The second kappa shape index (κ2) is 10.3. The molecule has 1 amide bonds. The number of hydrogen-bond donors (Lipinski definition) is 2. The summed E-state index contributed by atoms with van der Waals surface area (Å²) < 4.78 is 0. The highest BCUT2D eigenvalue weighted by Crippen LogP contribution is 2.28. The number of nitriles is 1. The van der Waals surface area contributed by atoms with Gasteiger partial charge in [-0.3, -0.25) is 4.79 Å². The lowest BCUT2D eigenvalue weighted by atomic mass is 9.98. The molecule has 3 rings (SSSR count). The van der Waals surface area contributed by atoms with E-state index in [0.29, 0.717) is 0 Å². The summed E-state index contributed by atoms with van der Waals surface area (Å²) in [7, 11) is 0. The SMILES string of the molecule is Cc1cccc(C(C)C)c1NC(=O)/C(C#N)=C\NC(c1ccccc1)c1ccccc1. The van der Waals surface area contributed by atoms with Crippen molar-refractivity contribution in [1.29, 1.82) is 5.26 Å². The van der Waals surface area contributed by atoms with E-state index in [2.05, 4.69) is 24.5 Å². The van der Waals surface area contributed by atoms with Gasteiger partial charge in [0.25, 0.3) is 5.91 Å². The van der Waals surface area contributed by atoms with Crippen molar-refractivity contribution in [3.63, 3.8) is 0 Å². The van der Waals surface area contributed by atoms with Gasteiger partial charge in [0.2, 0.25) is 0 Å². The van der Waals surface area contributed by atoms with Crippen LogP contribution in [0.15, 0.2) is 90.6 Å². The molecule has 0 spiro atoms. The van der Waals surface area contributed by atoms with Gasteiger partial charge < -0.3 is 10.6 Å². The number of para-hydroxylation sites is 1. The number of carbonyl (C=O) groups excluding carboxylic acids is 1. The number of nitrogens with zero attached hydrogens (tertiary/aromatic N) is 1. The highest BCUT2D eigenvalue weighted by molar-refractivity contribution is 6.07. The Morgan fingerprint density at radius 2 is 1.48 bits per heavy atom. The van der Waals surface area contributed by atoms with Crippen molar-refractivity contribution in [2.24, 2.45) is 0 Å². The Hall–Kier alpha value is -3.84. The summed E-state index contributed by atoms with van der Waals surface area (Å²) in [5.74, 6) is -0.172. The molecule has 31 heavy (non-hydrogen) atoms. The average molecular weight is 410 g/mol. The Morgan fingerprint density at radius 1 is 0.903 bits per heavy atom. The van der Waals surface area contributed by atoms with E-state index in [9.17, 15) is 10.1 Å². The first-order valence-corrected chi connectivity index (χ1v) is 10.4. The molecule has 2 N–H and O–H groups in total. The van der Waals surface area contributed by atoms with Crippen LogP contribution in [0.3, 0.4) is 0 Å². The second-order valence-corrected chi connectivity index (χ2v) is 7.74. The van der Waals surface area contributed by atoms with E-state index in [4.69, 9.17) is 0 Å². The summed E-state index contributed by atoms with van der Waals surface area (Å²) in [6.07, 6.45) is 1.51. The van der Waals surface area contributed by atoms with Crippen LogP contribution in [0.25, 0.3) is 0 Å². The summed E-state index contributed by atoms with van der Waals surface area (Å²) in [5, 5.41) is 15.9. The van der Waals surface area contributed by atoms with Crippen LogP contribution >= 0.6 is 0 Å². The van der Waals surface area contributed by atoms with Crippen LogP contribution < -0.4 is 10.6 Å². The Bertz CT molecular complexity index is 1060. The lowest BCUT2D eigenvalue weighted by Gasteiger charge is -2.19. The lowest BCUT2D eigenvalue weighted by Crippen LogP contribution is -2.21. The summed E-state index contributed by atoms with van der Waals surface area (Å²) in [4.78, 5) is 12.9. The van der Waals surface area contributed by atoms with E-state index in [1.807, 2.05) is 91.9 Å². The molecule has 0 radical (unpaired) electrons. The summed E-state index contributed by atoms with van der Waals surface area (Å²) >= 11 is 0. The maximum Gasteiger partial charge on any atom is 0.267 e. The molecule has 0 atom stereocenters. The average Bonchev–Trinajstić information content (AvgIpc) is 2.79. The predicted octanol–water partition coefficient (Wildman–Crippen LogP) is 5.84. The molecular weight excluding hydrogens is 382 g/mol. The molecule has 0 aliphatic rings. The number of hydrogen-bond acceptors (Lipinski definition) is 3. The van der Waals surface area contributed by atoms with Gasteiger partial charge in [0.1, 0.15) is 11.6 Å². The van der Waals surface area contributed by atoms with Crippen LogP contribution in [0, 0.1) is 18.3 Å². The van der Waals surface area contributed by atoms with Crippen LogP contribution in [-0.2, 0) is 4.79 Å². The zero-order valence-corrected chi connectivity index (χ0v) is 18.1. The Kier molecular flexibility index (Phi) is 7.24. The molecule has 4 nitrogen and oxygen atoms in total. The molecule has 3 aromatic rings. The predicted molar refractivity (Wildman–Crippen MR) is 125 cm³/mol. The second-order valence-electron chi connectivity index (χ2n) is 7.74. The molecule has 0 saturated carbocycles. The van der Waals surface area contributed by atoms with E-state index in [1.54, 1.807) is 0 Å². The zero-order valence-electron chi connectivity index (χ0n) is 18.1. The number of benzene rings is 3. The topological polar surface area (TPSA) is 64.9 Å². The number of rotatable bonds is 7. The maximum absolute atomic E-state index is 12.9. The minimum Gasteiger partial charge on any atom is -0.379 e. The van der Waals surface area contributed by atoms with Gasteiger partial charge in [-0.25, -0.2) is 0 Å². The van der Waals surface area contributed by atoms with Gasteiger partial charge in [-0.05, 0) is 35.1 Å². The zero-order chi connectivity index (χ0) is 22.2. The van der Waals surface area contributed by atoms with Gasteiger partial charge in [0, 0.05) is 11.9 Å². The first kappa shape index (κ1) is 21.9. The highest BCUT2D eigenvalue weighted by Gasteiger charge is 2.17. The largest absolute Gasteiger partial charge is 0.379 e. The fourth-order valence-corrected chi connectivity index (χ4v) is 3.51. The number of nitrogens with one attached hydrogen (secondary N) is 2. The monoisotopic (exact) mass is 409 g/mol. The molecule has 0 aliphatic carbocycles. The first-order valence-electron chi connectivity index (χ1n) is 10.4. The molecule has 0 fully saturated rings. The minimum atomic E-state index is -0.425. The van der Waals surface area contributed by atoms with Crippen LogP contribution in [0.5, 0.6) is 0 Å². The molecule has 0 saturated heterocycles. The molecule has 156 valence electrons. The van der Waals surface area contributed by atoms with Crippen LogP contribution in [0.2, 0.25) is 0 Å². The third kappa shape index (κ3) is 5.40. The third-order valence-corrected chi connectivity index (χ3v) is 5.19. The molecule has 0 bridgehead atoms. The van der Waals surface area contributed by atoms with Crippen molar-refractivity contribution in [3.8, 4) is 6.07 Å². The van der Waals surface area contributed by atoms with E-state index in [0.717, 1.165) is 27.9 Å². The number of amides is 1. The van der Waals surface area contributed by atoms with Gasteiger partial charge in [-0.1, -0.05) is 92.7 Å². The van der Waals surface area contributed by atoms with Gasteiger partial charge >= 0.3 is 0 Å². The molecule has 0 aliphatic heterocycles. The van der Waals surface area contributed by atoms with Crippen molar-refractivity contribution in [2.45, 2.75) is 32.7 Å². The fraction of sp³-hybridized carbons (Fsp3) is 0.185. The molecular formula is C27H27N3O. The summed E-state index contributed by atoms with van der Waals surface area (Å²) in [6, 6.07) is 27.7. The van der Waals surface area contributed by atoms with Gasteiger partial charge in [-0.2, -0.15) is 5.26 Å². The first-order chi connectivity index (χ1) is 15.0. The minimum absolute atomic E-state index is 0.0230. The molecule has 0 unspecified atom stereocenters. The molecule has 0 heterocycles. The van der Waals surface area contributed by atoms with E-state index >= 15 is 0 Å². The Balaban J connectivity index is 1.87. The van der Waals surface area contributed by atoms with Crippen LogP contribution in [0.4, 0.5) is 5.69 Å². The van der Waals surface area contributed by atoms with Crippen LogP contribution in [-0.4, -0.2) is 5.91 Å². The lowest BCUT2D eigenvalue weighted by molar-refractivity contribution is -0.112. The summed E-state index contributed by atoms with van der Waals surface area (Å²) in [5.41, 5.74) is 4.90. The smallest absolute Gasteiger partial charge is 0.267 e. The summed E-state index contributed by atoms with van der Waals surface area (Å²) in [6.45, 7) is 6.12. The molecule has 0 aromatic heterocycles. The van der Waals surface area contributed by atoms with Gasteiger partial charge in [-0.15, -0.1) is 0 Å². The van der Waals surface area contributed by atoms with Crippen molar-refractivity contribution in [3.05, 3.63) is 113 Å². The van der Waals surface area contributed by atoms with E-state index < -0.39 is 5.91 Å².